The van der Waals surface area contributed by atoms with Gasteiger partial charge in [-0.1, -0.05) is 6.07 Å². The second kappa shape index (κ2) is 10.8. The van der Waals surface area contributed by atoms with Crippen LogP contribution in [0.2, 0.25) is 0 Å². The molecule has 0 aliphatic carbocycles. The molecular formula is C21H25N3O4S. The van der Waals surface area contributed by atoms with Crippen molar-refractivity contribution in [2.45, 2.75) is 0 Å². The molecule has 0 radical (unpaired) electrons. The maximum Gasteiger partial charge on any atom is 0.267 e. The average Bonchev–Trinajstić information content (AvgIpc) is 3.27. The minimum Gasteiger partial charge on any atom is -0.497 e. The van der Waals surface area contributed by atoms with Gasteiger partial charge in [0.15, 0.2) is 0 Å². The summed E-state index contributed by atoms with van der Waals surface area (Å²) >= 11 is 1.50. The van der Waals surface area contributed by atoms with Crippen LogP contribution >= 0.6 is 11.3 Å². The monoisotopic (exact) mass is 415 g/mol. The van der Waals surface area contributed by atoms with Gasteiger partial charge in [-0.3, -0.25) is 14.5 Å². The van der Waals surface area contributed by atoms with E-state index in [9.17, 15) is 9.59 Å². The minimum atomic E-state index is -0.348. The van der Waals surface area contributed by atoms with Crippen molar-refractivity contribution < 1.29 is 19.1 Å². The van der Waals surface area contributed by atoms with Crippen LogP contribution in [0.4, 0.5) is 0 Å². The number of nitrogens with one attached hydrogen (secondary N) is 2. The third-order valence-corrected chi connectivity index (χ3v) is 5.31. The van der Waals surface area contributed by atoms with E-state index >= 15 is 0 Å². The normalized spacial score (nSPS) is 15.0. The van der Waals surface area contributed by atoms with E-state index in [4.69, 9.17) is 9.47 Å². The second-order valence-electron chi connectivity index (χ2n) is 6.47. The summed E-state index contributed by atoms with van der Waals surface area (Å²) in [5, 5.41) is 7.56. The fourth-order valence-electron chi connectivity index (χ4n) is 2.86. The molecule has 29 heavy (non-hydrogen) atoms. The van der Waals surface area contributed by atoms with Gasteiger partial charge in [0, 0.05) is 36.6 Å². The van der Waals surface area contributed by atoms with E-state index in [2.05, 4.69) is 15.5 Å². The van der Waals surface area contributed by atoms with Gasteiger partial charge in [0.25, 0.3) is 11.8 Å². The first-order chi connectivity index (χ1) is 14.2. The molecular weight excluding hydrogens is 390 g/mol. The lowest BCUT2D eigenvalue weighted by Gasteiger charge is -2.26. The van der Waals surface area contributed by atoms with Gasteiger partial charge in [-0.2, -0.15) is 0 Å². The lowest BCUT2D eigenvalue weighted by molar-refractivity contribution is -0.117. The highest BCUT2D eigenvalue weighted by molar-refractivity contribution is 7.10. The highest BCUT2D eigenvalue weighted by atomic mass is 32.1. The number of amides is 2. The van der Waals surface area contributed by atoms with Gasteiger partial charge in [0.05, 0.1) is 20.3 Å². The number of rotatable bonds is 8. The van der Waals surface area contributed by atoms with Gasteiger partial charge in [0.1, 0.15) is 11.4 Å². The summed E-state index contributed by atoms with van der Waals surface area (Å²) in [6.45, 7) is 4.40. The Balaban J connectivity index is 1.63. The zero-order valence-electron chi connectivity index (χ0n) is 16.3. The number of benzene rings is 1. The molecule has 0 spiro atoms. The summed E-state index contributed by atoms with van der Waals surface area (Å²) in [5.74, 6) is 0.00377. The van der Waals surface area contributed by atoms with Crippen LogP contribution in [0.3, 0.4) is 0 Å². The number of thiophene rings is 1. The molecule has 1 saturated heterocycles. The molecule has 2 amide bonds. The van der Waals surface area contributed by atoms with Crippen molar-refractivity contribution in [1.29, 1.82) is 0 Å². The Morgan fingerprint density at radius 2 is 1.97 bits per heavy atom. The fourth-order valence-corrected chi connectivity index (χ4v) is 3.52. The summed E-state index contributed by atoms with van der Waals surface area (Å²) in [6.07, 6.45) is 1.69. The molecule has 8 heteroatoms. The molecule has 0 unspecified atom stereocenters. The summed E-state index contributed by atoms with van der Waals surface area (Å²) in [7, 11) is 1.57. The Bertz CT molecular complexity index is 828. The van der Waals surface area contributed by atoms with Crippen LogP contribution in [0, 0.1) is 0 Å². The standard InChI is InChI=1S/C21H25N3O4S/c1-27-17-6-4-16(5-7-17)20(25)23-19(15-18-3-2-14-29-18)21(26)22-8-9-24-10-12-28-13-11-24/h2-7,14-15H,8-13H2,1H3,(H,22,26)(H,23,25). The third-order valence-electron chi connectivity index (χ3n) is 4.49. The number of ether oxygens (including phenoxy) is 2. The van der Waals surface area contributed by atoms with Gasteiger partial charge in [-0.25, -0.2) is 0 Å². The number of morpholine rings is 1. The van der Waals surface area contributed by atoms with E-state index in [1.807, 2.05) is 17.5 Å². The molecule has 0 saturated carbocycles. The van der Waals surface area contributed by atoms with Gasteiger partial charge >= 0.3 is 0 Å². The van der Waals surface area contributed by atoms with E-state index in [0.717, 1.165) is 37.7 Å². The Labute approximate surface area is 174 Å². The first-order valence-electron chi connectivity index (χ1n) is 9.44. The van der Waals surface area contributed by atoms with Crippen molar-refractivity contribution in [2.24, 2.45) is 0 Å². The minimum absolute atomic E-state index is 0.218. The third kappa shape index (κ3) is 6.42. The van der Waals surface area contributed by atoms with Crippen LogP contribution in [0.5, 0.6) is 5.75 Å². The number of carbonyl (C=O) groups excluding carboxylic acids is 2. The maximum atomic E-state index is 12.7. The number of hydrogen-bond donors (Lipinski definition) is 2. The molecule has 7 nitrogen and oxygen atoms in total. The van der Waals surface area contributed by atoms with E-state index in [-0.39, 0.29) is 17.5 Å². The predicted octanol–water partition coefficient (Wildman–Crippen LogP) is 1.98. The second-order valence-corrected chi connectivity index (χ2v) is 7.45. The molecule has 1 aromatic heterocycles. The molecule has 0 atom stereocenters. The highest BCUT2D eigenvalue weighted by Crippen LogP contribution is 2.14. The summed E-state index contributed by atoms with van der Waals surface area (Å²) in [4.78, 5) is 28.5. The lowest BCUT2D eigenvalue weighted by atomic mass is 10.2. The lowest BCUT2D eigenvalue weighted by Crippen LogP contribution is -2.42. The number of nitrogens with zero attached hydrogens (tertiary/aromatic N) is 1. The first-order valence-corrected chi connectivity index (χ1v) is 10.3. The molecule has 0 bridgehead atoms. The average molecular weight is 416 g/mol. The Morgan fingerprint density at radius 1 is 1.21 bits per heavy atom. The van der Waals surface area contributed by atoms with Crippen LogP contribution in [0.15, 0.2) is 47.5 Å². The summed E-state index contributed by atoms with van der Waals surface area (Å²) in [6, 6.07) is 10.5. The molecule has 1 aliphatic rings. The SMILES string of the molecule is COc1ccc(C(=O)NC(=Cc2cccs2)C(=O)NCCN2CCOCC2)cc1. The summed E-state index contributed by atoms with van der Waals surface area (Å²) < 4.78 is 10.4. The largest absolute Gasteiger partial charge is 0.497 e. The molecule has 3 rings (SSSR count). The van der Waals surface area contributed by atoms with Crippen molar-refractivity contribution in [3.63, 3.8) is 0 Å². The maximum absolute atomic E-state index is 12.7. The van der Waals surface area contributed by atoms with Crippen molar-refractivity contribution in [3.05, 3.63) is 57.9 Å². The smallest absolute Gasteiger partial charge is 0.267 e. The molecule has 1 aromatic carbocycles. The zero-order chi connectivity index (χ0) is 20.5. The van der Waals surface area contributed by atoms with Crippen molar-refractivity contribution in [2.75, 3.05) is 46.5 Å². The molecule has 2 N–H and O–H groups in total. The van der Waals surface area contributed by atoms with Crippen molar-refractivity contribution >= 4 is 29.2 Å². The Hall–Kier alpha value is -2.68. The molecule has 2 aromatic rings. The van der Waals surface area contributed by atoms with Crippen LogP contribution in [0.25, 0.3) is 6.08 Å². The molecule has 154 valence electrons. The Kier molecular flexibility index (Phi) is 7.80. The Morgan fingerprint density at radius 3 is 2.62 bits per heavy atom. The van der Waals surface area contributed by atoms with Gasteiger partial charge in [0.2, 0.25) is 0 Å². The molecule has 1 fully saturated rings. The van der Waals surface area contributed by atoms with E-state index in [1.165, 1.54) is 11.3 Å². The zero-order valence-corrected chi connectivity index (χ0v) is 17.2. The fraction of sp³-hybridized carbons (Fsp3) is 0.333. The molecule has 1 aliphatic heterocycles. The first kappa shape index (κ1) is 21.0. The van der Waals surface area contributed by atoms with Gasteiger partial charge < -0.3 is 20.1 Å². The van der Waals surface area contributed by atoms with Crippen molar-refractivity contribution in [3.8, 4) is 5.75 Å². The van der Waals surface area contributed by atoms with E-state index < -0.39 is 0 Å². The van der Waals surface area contributed by atoms with E-state index in [1.54, 1.807) is 37.5 Å². The number of carbonyl (C=O) groups is 2. The quantitative estimate of drug-likeness (QED) is 0.645. The van der Waals surface area contributed by atoms with Gasteiger partial charge in [-0.05, 0) is 41.8 Å². The predicted molar refractivity (Wildman–Crippen MR) is 113 cm³/mol. The highest BCUT2D eigenvalue weighted by Gasteiger charge is 2.16. The van der Waals surface area contributed by atoms with Crippen LogP contribution in [-0.2, 0) is 9.53 Å². The van der Waals surface area contributed by atoms with Crippen LogP contribution in [0.1, 0.15) is 15.2 Å². The van der Waals surface area contributed by atoms with Crippen LogP contribution < -0.4 is 15.4 Å². The van der Waals surface area contributed by atoms with Crippen molar-refractivity contribution in [1.82, 2.24) is 15.5 Å². The van der Waals surface area contributed by atoms with Gasteiger partial charge in [-0.15, -0.1) is 11.3 Å². The van der Waals surface area contributed by atoms with E-state index in [0.29, 0.717) is 17.9 Å². The number of hydrogen-bond acceptors (Lipinski definition) is 6. The topological polar surface area (TPSA) is 79.9 Å². The van der Waals surface area contributed by atoms with Crippen LogP contribution in [-0.4, -0.2) is 63.2 Å². The summed E-state index contributed by atoms with van der Waals surface area (Å²) in [5.41, 5.74) is 0.666. The number of methoxy groups -OCH3 is 1. The molecule has 2 heterocycles.